The first kappa shape index (κ1) is 22.1. The molecule has 25 heavy (non-hydrogen) atoms. The fourth-order valence-electron chi connectivity index (χ4n) is 2.55. The van der Waals surface area contributed by atoms with Crippen LogP contribution in [0.25, 0.3) is 10.1 Å². The van der Waals surface area contributed by atoms with Crippen molar-refractivity contribution in [1.82, 2.24) is 15.5 Å². The van der Waals surface area contributed by atoms with Crippen molar-refractivity contribution in [3.63, 3.8) is 0 Å². The number of fused-ring (bicyclic) bond motifs is 1. The zero-order valence-electron chi connectivity index (χ0n) is 15.2. The summed E-state index contributed by atoms with van der Waals surface area (Å²) in [5, 5.41) is 18.1. The van der Waals surface area contributed by atoms with Crippen LogP contribution in [0.15, 0.2) is 35.3 Å². The highest BCUT2D eigenvalue weighted by molar-refractivity contribution is 14.0. The van der Waals surface area contributed by atoms with Gasteiger partial charge in [-0.2, -0.15) is 0 Å². The van der Waals surface area contributed by atoms with Crippen molar-refractivity contribution in [3.8, 4) is 0 Å². The number of benzene rings is 1. The van der Waals surface area contributed by atoms with Crippen molar-refractivity contribution in [2.45, 2.75) is 20.0 Å². The van der Waals surface area contributed by atoms with E-state index in [1.807, 2.05) is 12.1 Å². The summed E-state index contributed by atoms with van der Waals surface area (Å²) in [5.74, 6) is 0.724. The first-order valence-electron chi connectivity index (χ1n) is 8.51. The van der Waals surface area contributed by atoms with Gasteiger partial charge in [0.15, 0.2) is 5.96 Å². The number of aliphatic imine (C=N–C) groups is 1. The molecule has 0 aliphatic carbocycles. The molecule has 1 aromatic heterocycles. The molecule has 7 heteroatoms. The van der Waals surface area contributed by atoms with E-state index in [0.717, 1.165) is 37.0 Å². The van der Waals surface area contributed by atoms with E-state index in [-0.39, 0.29) is 24.0 Å². The molecule has 140 valence electrons. The fraction of sp³-hybridized carbons (Fsp3) is 0.500. The Bertz CT molecular complexity index is 624. The van der Waals surface area contributed by atoms with Gasteiger partial charge in [-0.15, -0.1) is 35.3 Å². The topological polar surface area (TPSA) is 59.9 Å². The summed E-state index contributed by atoms with van der Waals surface area (Å²) >= 11 is 1.64. The molecule has 3 N–H and O–H groups in total. The van der Waals surface area contributed by atoms with E-state index in [2.05, 4.69) is 52.6 Å². The van der Waals surface area contributed by atoms with Gasteiger partial charge in [-0.3, -0.25) is 4.99 Å². The summed E-state index contributed by atoms with van der Waals surface area (Å²) in [6.45, 7) is 8.68. The lowest BCUT2D eigenvalue weighted by Gasteiger charge is -2.19. The minimum Gasteiger partial charge on any atom is -0.386 e. The van der Waals surface area contributed by atoms with E-state index in [1.54, 1.807) is 18.4 Å². The molecule has 2 aromatic rings. The number of hydrogen-bond acceptors (Lipinski definition) is 4. The monoisotopic (exact) mass is 476 g/mol. The molecule has 1 unspecified atom stereocenters. The number of halogens is 1. The van der Waals surface area contributed by atoms with E-state index in [4.69, 9.17) is 0 Å². The van der Waals surface area contributed by atoms with Crippen molar-refractivity contribution in [2.75, 3.05) is 39.8 Å². The standard InChI is InChI=1S/C18H28N4OS.HI/c1-4-22(5-2)11-10-20-18(19-3)21-13-15(23)17-12-14-8-6-7-9-16(14)24-17;/h6-9,12,15,23H,4-5,10-11,13H2,1-3H3,(H2,19,20,21);1H. The first-order valence-corrected chi connectivity index (χ1v) is 9.33. The van der Waals surface area contributed by atoms with Gasteiger partial charge in [-0.25, -0.2) is 0 Å². The largest absolute Gasteiger partial charge is 0.386 e. The molecule has 0 aliphatic rings. The van der Waals surface area contributed by atoms with Crippen molar-refractivity contribution in [1.29, 1.82) is 0 Å². The number of likely N-dealkylation sites (N-methyl/N-ethyl adjacent to an activating group) is 1. The van der Waals surface area contributed by atoms with Gasteiger partial charge in [0.25, 0.3) is 0 Å². The SMILES string of the molecule is CCN(CC)CCNC(=NC)NCC(O)c1cc2ccccc2s1.I. The third-order valence-corrected chi connectivity index (χ3v) is 5.29. The van der Waals surface area contributed by atoms with Crippen LogP contribution in [0, 0.1) is 0 Å². The van der Waals surface area contributed by atoms with Gasteiger partial charge in [0, 0.05) is 36.3 Å². The molecule has 0 amide bonds. The molecule has 1 aromatic carbocycles. The Labute approximate surface area is 171 Å². The number of nitrogens with zero attached hydrogens (tertiary/aromatic N) is 2. The quantitative estimate of drug-likeness (QED) is 0.312. The predicted molar refractivity (Wildman–Crippen MR) is 119 cm³/mol. The van der Waals surface area contributed by atoms with Gasteiger partial charge in [-0.05, 0) is 30.6 Å². The Morgan fingerprint density at radius 2 is 1.96 bits per heavy atom. The summed E-state index contributed by atoms with van der Waals surface area (Å²) in [5.41, 5.74) is 0. The van der Waals surface area contributed by atoms with Crippen molar-refractivity contribution in [2.24, 2.45) is 4.99 Å². The van der Waals surface area contributed by atoms with Gasteiger partial charge in [0.2, 0.25) is 0 Å². The molecule has 0 radical (unpaired) electrons. The Balaban J connectivity index is 0.00000312. The van der Waals surface area contributed by atoms with Gasteiger partial charge in [0.05, 0.1) is 0 Å². The highest BCUT2D eigenvalue weighted by Crippen LogP contribution is 2.29. The summed E-state index contributed by atoms with van der Waals surface area (Å²) in [6, 6.07) is 10.3. The van der Waals surface area contributed by atoms with Crippen LogP contribution in [-0.2, 0) is 0 Å². The Kier molecular flexibility index (Phi) is 10.3. The molecule has 0 aliphatic heterocycles. The maximum Gasteiger partial charge on any atom is 0.191 e. The highest BCUT2D eigenvalue weighted by atomic mass is 127. The molecular formula is C18H29IN4OS. The van der Waals surface area contributed by atoms with Gasteiger partial charge >= 0.3 is 0 Å². The number of aliphatic hydroxyl groups is 1. The average Bonchev–Trinajstić information content (AvgIpc) is 3.05. The minimum absolute atomic E-state index is 0. The normalized spacial score (nSPS) is 12.9. The van der Waals surface area contributed by atoms with Gasteiger partial charge < -0.3 is 20.6 Å². The van der Waals surface area contributed by atoms with E-state index in [1.165, 1.54) is 10.1 Å². The van der Waals surface area contributed by atoms with Crippen LogP contribution < -0.4 is 10.6 Å². The Hall–Kier alpha value is -0.900. The van der Waals surface area contributed by atoms with Gasteiger partial charge in [0.1, 0.15) is 6.10 Å². The second kappa shape index (κ2) is 11.7. The summed E-state index contributed by atoms with van der Waals surface area (Å²) < 4.78 is 1.20. The first-order chi connectivity index (χ1) is 11.7. The molecule has 2 rings (SSSR count). The maximum absolute atomic E-state index is 10.4. The van der Waals surface area contributed by atoms with Crippen LogP contribution in [-0.4, -0.2) is 55.7 Å². The summed E-state index contributed by atoms with van der Waals surface area (Å²) in [7, 11) is 1.75. The smallest absolute Gasteiger partial charge is 0.191 e. The number of nitrogens with one attached hydrogen (secondary N) is 2. The molecule has 5 nitrogen and oxygen atoms in total. The zero-order chi connectivity index (χ0) is 17.4. The van der Waals surface area contributed by atoms with Crippen LogP contribution in [0.5, 0.6) is 0 Å². The van der Waals surface area contributed by atoms with Crippen LogP contribution in [0.4, 0.5) is 0 Å². The molecule has 0 bridgehead atoms. The van der Waals surface area contributed by atoms with Crippen LogP contribution in [0.2, 0.25) is 0 Å². The lowest BCUT2D eigenvalue weighted by molar-refractivity contribution is 0.184. The van der Waals surface area contributed by atoms with E-state index >= 15 is 0 Å². The molecule has 0 spiro atoms. The highest BCUT2D eigenvalue weighted by Gasteiger charge is 2.12. The fourth-order valence-corrected chi connectivity index (χ4v) is 3.60. The zero-order valence-corrected chi connectivity index (χ0v) is 18.3. The van der Waals surface area contributed by atoms with E-state index in [0.29, 0.717) is 6.54 Å². The van der Waals surface area contributed by atoms with Crippen molar-refractivity contribution < 1.29 is 5.11 Å². The number of rotatable bonds is 8. The molecule has 0 saturated carbocycles. The lowest BCUT2D eigenvalue weighted by atomic mass is 10.2. The second-order valence-electron chi connectivity index (χ2n) is 5.61. The minimum atomic E-state index is -0.538. The number of guanidine groups is 1. The Morgan fingerprint density at radius 3 is 2.60 bits per heavy atom. The van der Waals surface area contributed by atoms with Crippen LogP contribution in [0.3, 0.4) is 0 Å². The lowest BCUT2D eigenvalue weighted by Crippen LogP contribution is -2.42. The predicted octanol–water partition coefficient (Wildman–Crippen LogP) is 3.06. The second-order valence-corrected chi connectivity index (χ2v) is 6.72. The van der Waals surface area contributed by atoms with Crippen LogP contribution >= 0.6 is 35.3 Å². The molecule has 0 saturated heterocycles. The van der Waals surface area contributed by atoms with Gasteiger partial charge in [-0.1, -0.05) is 32.0 Å². The average molecular weight is 476 g/mol. The number of hydrogen-bond donors (Lipinski definition) is 3. The number of aliphatic hydroxyl groups excluding tert-OH is 1. The Morgan fingerprint density at radius 1 is 1.24 bits per heavy atom. The maximum atomic E-state index is 10.4. The molecular weight excluding hydrogens is 447 g/mol. The number of thiophene rings is 1. The third kappa shape index (κ3) is 6.73. The summed E-state index contributed by atoms with van der Waals surface area (Å²) in [4.78, 5) is 7.54. The van der Waals surface area contributed by atoms with Crippen molar-refractivity contribution in [3.05, 3.63) is 35.2 Å². The van der Waals surface area contributed by atoms with Crippen molar-refractivity contribution >= 4 is 51.4 Å². The van der Waals surface area contributed by atoms with Crippen LogP contribution in [0.1, 0.15) is 24.8 Å². The van der Waals surface area contributed by atoms with E-state index in [9.17, 15) is 5.11 Å². The third-order valence-electron chi connectivity index (χ3n) is 4.07. The molecule has 1 atom stereocenters. The molecule has 0 fully saturated rings. The van der Waals surface area contributed by atoms with E-state index < -0.39 is 6.10 Å². The summed E-state index contributed by atoms with van der Waals surface area (Å²) in [6.07, 6.45) is -0.538. The molecule has 1 heterocycles.